The summed E-state index contributed by atoms with van der Waals surface area (Å²) >= 11 is 0. The first-order chi connectivity index (χ1) is 10.1. The SMILES string of the molecule is NC(=O)/C(=C\c1ccc(O)cc1)NC(=O)c1ccccc1. The van der Waals surface area contributed by atoms with Crippen molar-refractivity contribution in [3.05, 3.63) is 71.4 Å². The summed E-state index contributed by atoms with van der Waals surface area (Å²) in [6.07, 6.45) is 1.45. The van der Waals surface area contributed by atoms with E-state index in [2.05, 4.69) is 5.32 Å². The Bertz CT molecular complexity index is 676. The molecule has 0 saturated carbocycles. The van der Waals surface area contributed by atoms with Gasteiger partial charge < -0.3 is 16.2 Å². The van der Waals surface area contributed by atoms with E-state index in [1.165, 1.54) is 18.2 Å². The third kappa shape index (κ3) is 3.94. The van der Waals surface area contributed by atoms with E-state index in [0.717, 1.165) is 0 Å². The Hall–Kier alpha value is -3.08. The maximum Gasteiger partial charge on any atom is 0.265 e. The fraction of sp³-hybridized carbons (Fsp3) is 0. The maximum absolute atomic E-state index is 12.0. The van der Waals surface area contributed by atoms with Gasteiger partial charge in [-0.3, -0.25) is 9.59 Å². The first-order valence-corrected chi connectivity index (χ1v) is 6.23. The predicted molar refractivity (Wildman–Crippen MR) is 79.2 cm³/mol. The van der Waals surface area contributed by atoms with Gasteiger partial charge in [-0.25, -0.2) is 0 Å². The molecule has 2 amide bonds. The second-order valence-corrected chi connectivity index (χ2v) is 4.33. The van der Waals surface area contributed by atoms with Crippen molar-refractivity contribution in [3.8, 4) is 5.75 Å². The van der Waals surface area contributed by atoms with Crippen LogP contribution in [0.3, 0.4) is 0 Å². The molecule has 0 aromatic heterocycles. The van der Waals surface area contributed by atoms with Gasteiger partial charge in [0, 0.05) is 5.56 Å². The Morgan fingerprint density at radius 2 is 1.62 bits per heavy atom. The molecule has 0 aliphatic carbocycles. The highest BCUT2D eigenvalue weighted by Crippen LogP contribution is 2.12. The topological polar surface area (TPSA) is 92.4 Å². The van der Waals surface area contributed by atoms with Crippen LogP contribution in [0.5, 0.6) is 5.75 Å². The number of phenolic OH excluding ortho intramolecular Hbond substituents is 1. The monoisotopic (exact) mass is 282 g/mol. The van der Waals surface area contributed by atoms with E-state index in [9.17, 15) is 14.7 Å². The third-order valence-corrected chi connectivity index (χ3v) is 2.75. The molecule has 2 aromatic rings. The molecule has 0 fully saturated rings. The van der Waals surface area contributed by atoms with Crippen molar-refractivity contribution in [2.75, 3.05) is 0 Å². The largest absolute Gasteiger partial charge is 0.508 e. The number of hydrogen-bond donors (Lipinski definition) is 3. The van der Waals surface area contributed by atoms with Crippen LogP contribution in [0.15, 0.2) is 60.3 Å². The number of nitrogens with two attached hydrogens (primary N) is 1. The molecule has 0 heterocycles. The summed E-state index contributed by atoms with van der Waals surface area (Å²) in [5.41, 5.74) is 6.31. The summed E-state index contributed by atoms with van der Waals surface area (Å²) in [6.45, 7) is 0. The zero-order chi connectivity index (χ0) is 15.2. The van der Waals surface area contributed by atoms with Gasteiger partial charge in [-0.05, 0) is 35.9 Å². The van der Waals surface area contributed by atoms with Crippen LogP contribution in [0.2, 0.25) is 0 Å². The molecule has 0 aliphatic heterocycles. The molecule has 0 atom stereocenters. The minimum atomic E-state index is -0.743. The Kier molecular flexibility index (Phi) is 4.36. The van der Waals surface area contributed by atoms with Crippen molar-refractivity contribution in [3.63, 3.8) is 0 Å². The Morgan fingerprint density at radius 1 is 1.00 bits per heavy atom. The molecule has 4 N–H and O–H groups in total. The molecular formula is C16H14N2O3. The van der Waals surface area contributed by atoms with Crippen molar-refractivity contribution in [1.82, 2.24) is 5.32 Å². The molecule has 2 aromatic carbocycles. The van der Waals surface area contributed by atoms with E-state index in [1.54, 1.807) is 42.5 Å². The van der Waals surface area contributed by atoms with E-state index < -0.39 is 11.8 Å². The van der Waals surface area contributed by atoms with Gasteiger partial charge in [-0.1, -0.05) is 30.3 Å². The zero-order valence-electron chi connectivity index (χ0n) is 11.1. The fourth-order valence-electron chi connectivity index (χ4n) is 1.69. The van der Waals surface area contributed by atoms with Crippen LogP contribution < -0.4 is 11.1 Å². The van der Waals surface area contributed by atoms with Crippen LogP contribution in [0.25, 0.3) is 6.08 Å². The van der Waals surface area contributed by atoms with Gasteiger partial charge in [0.1, 0.15) is 11.4 Å². The number of hydrogen-bond acceptors (Lipinski definition) is 3. The molecule has 0 saturated heterocycles. The molecule has 0 spiro atoms. The van der Waals surface area contributed by atoms with Crippen molar-refractivity contribution < 1.29 is 14.7 Å². The molecule has 0 unspecified atom stereocenters. The minimum absolute atomic E-state index is 0.0189. The number of amides is 2. The average Bonchev–Trinajstić information content (AvgIpc) is 2.49. The smallest absolute Gasteiger partial charge is 0.265 e. The summed E-state index contributed by atoms with van der Waals surface area (Å²) in [5, 5.41) is 11.7. The lowest BCUT2D eigenvalue weighted by molar-refractivity contribution is -0.114. The highest BCUT2D eigenvalue weighted by atomic mass is 16.3. The molecule has 2 rings (SSSR count). The standard InChI is InChI=1S/C16H14N2O3/c17-15(20)14(10-11-6-8-13(19)9-7-11)18-16(21)12-4-2-1-3-5-12/h1-10,19H,(H2,17,20)(H,18,21)/b14-10+. The maximum atomic E-state index is 12.0. The van der Waals surface area contributed by atoms with Crippen LogP contribution in [-0.4, -0.2) is 16.9 Å². The van der Waals surface area contributed by atoms with Crippen LogP contribution >= 0.6 is 0 Å². The number of carbonyl (C=O) groups is 2. The van der Waals surface area contributed by atoms with Gasteiger partial charge in [-0.15, -0.1) is 0 Å². The lowest BCUT2D eigenvalue weighted by atomic mass is 10.1. The van der Waals surface area contributed by atoms with Gasteiger partial charge in [0.2, 0.25) is 0 Å². The van der Waals surface area contributed by atoms with Gasteiger partial charge in [0.05, 0.1) is 0 Å². The molecule has 0 bridgehead atoms. The second-order valence-electron chi connectivity index (χ2n) is 4.33. The lowest BCUT2D eigenvalue weighted by Gasteiger charge is -2.07. The lowest BCUT2D eigenvalue weighted by Crippen LogP contribution is -2.31. The first kappa shape index (κ1) is 14.3. The molecule has 0 radical (unpaired) electrons. The average molecular weight is 282 g/mol. The van der Waals surface area contributed by atoms with Gasteiger partial charge in [0.15, 0.2) is 0 Å². The summed E-state index contributed by atoms with van der Waals surface area (Å²) < 4.78 is 0. The molecule has 106 valence electrons. The summed E-state index contributed by atoms with van der Waals surface area (Å²) in [4.78, 5) is 23.4. The Labute approximate surface area is 121 Å². The number of nitrogens with one attached hydrogen (secondary N) is 1. The second kappa shape index (κ2) is 6.38. The summed E-state index contributed by atoms with van der Waals surface area (Å²) in [7, 11) is 0. The highest BCUT2D eigenvalue weighted by Gasteiger charge is 2.11. The molecule has 0 aliphatic rings. The first-order valence-electron chi connectivity index (χ1n) is 6.23. The van der Waals surface area contributed by atoms with Crippen LogP contribution in [0, 0.1) is 0 Å². The third-order valence-electron chi connectivity index (χ3n) is 2.75. The van der Waals surface area contributed by atoms with Crippen molar-refractivity contribution >= 4 is 17.9 Å². The van der Waals surface area contributed by atoms with Gasteiger partial charge >= 0.3 is 0 Å². The van der Waals surface area contributed by atoms with Gasteiger partial charge in [0.25, 0.3) is 11.8 Å². The number of phenols is 1. The Balaban J connectivity index is 2.22. The van der Waals surface area contributed by atoms with Crippen LogP contribution in [0.1, 0.15) is 15.9 Å². The highest BCUT2D eigenvalue weighted by molar-refractivity contribution is 6.04. The number of primary amides is 1. The van der Waals surface area contributed by atoms with Gasteiger partial charge in [-0.2, -0.15) is 0 Å². The number of aromatic hydroxyl groups is 1. The fourth-order valence-corrected chi connectivity index (χ4v) is 1.69. The van der Waals surface area contributed by atoms with Crippen molar-refractivity contribution in [2.45, 2.75) is 0 Å². The van der Waals surface area contributed by atoms with E-state index >= 15 is 0 Å². The van der Waals surface area contributed by atoms with E-state index in [0.29, 0.717) is 11.1 Å². The zero-order valence-corrected chi connectivity index (χ0v) is 11.1. The Morgan fingerprint density at radius 3 is 2.19 bits per heavy atom. The van der Waals surface area contributed by atoms with Crippen molar-refractivity contribution in [2.24, 2.45) is 5.73 Å². The molecule has 5 heteroatoms. The van der Waals surface area contributed by atoms with Crippen LogP contribution in [-0.2, 0) is 4.79 Å². The van der Waals surface area contributed by atoms with E-state index in [1.807, 2.05) is 0 Å². The molecular weight excluding hydrogens is 268 g/mol. The number of benzene rings is 2. The summed E-state index contributed by atoms with van der Waals surface area (Å²) in [6, 6.07) is 14.7. The minimum Gasteiger partial charge on any atom is -0.508 e. The van der Waals surface area contributed by atoms with E-state index in [-0.39, 0.29) is 11.4 Å². The molecule has 21 heavy (non-hydrogen) atoms. The number of rotatable bonds is 4. The number of carbonyl (C=O) groups excluding carboxylic acids is 2. The van der Waals surface area contributed by atoms with Crippen LogP contribution in [0.4, 0.5) is 0 Å². The predicted octanol–water partition coefficient (Wildman–Crippen LogP) is 1.65. The normalized spacial score (nSPS) is 11.0. The summed E-state index contributed by atoms with van der Waals surface area (Å²) in [5.74, 6) is -1.05. The van der Waals surface area contributed by atoms with Crippen molar-refractivity contribution in [1.29, 1.82) is 0 Å². The van der Waals surface area contributed by atoms with E-state index in [4.69, 9.17) is 5.73 Å². The molecule has 5 nitrogen and oxygen atoms in total. The quantitative estimate of drug-likeness (QED) is 0.744.